The van der Waals surface area contributed by atoms with Gasteiger partial charge in [0.15, 0.2) is 5.96 Å². The van der Waals surface area contributed by atoms with Crippen LogP contribution < -0.4 is 20.7 Å². The standard InChI is InChI=1S/C22H37N5O2.HI/c1-5-11-24-21(28)16-27-13-9-19(10-14-27)26-22(23-3)25-12-8-18-7-6-17(2)20(15-18)29-4;/h6-7,15,19H,5,8-14,16H2,1-4H3,(H,24,28)(H2,23,25,26);1H. The first-order chi connectivity index (χ1) is 14.0. The van der Waals surface area contributed by atoms with E-state index in [1.165, 1.54) is 5.56 Å². The fraction of sp³-hybridized carbons (Fsp3) is 0.636. The third-order valence-electron chi connectivity index (χ3n) is 5.27. The van der Waals surface area contributed by atoms with Gasteiger partial charge in [0.25, 0.3) is 0 Å². The number of methoxy groups -OCH3 is 1. The molecule has 1 amide bonds. The topological polar surface area (TPSA) is 78.0 Å². The van der Waals surface area contributed by atoms with Gasteiger partial charge in [0.2, 0.25) is 5.91 Å². The van der Waals surface area contributed by atoms with E-state index in [0.717, 1.165) is 69.1 Å². The molecule has 30 heavy (non-hydrogen) atoms. The number of aryl methyl sites for hydroxylation is 1. The summed E-state index contributed by atoms with van der Waals surface area (Å²) in [5.74, 6) is 1.90. The Morgan fingerprint density at radius 1 is 1.23 bits per heavy atom. The minimum absolute atomic E-state index is 0. The lowest BCUT2D eigenvalue weighted by molar-refractivity contribution is -0.122. The van der Waals surface area contributed by atoms with Crippen LogP contribution in [0.25, 0.3) is 0 Å². The number of benzene rings is 1. The largest absolute Gasteiger partial charge is 0.496 e. The number of nitrogens with one attached hydrogen (secondary N) is 3. The van der Waals surface area contributed by atoms with E-state index < -0.39 is 0 Å². The van der Waals surface area contributed by atoms with Gasteiger partial charge in [0, 0.05) is 39.3 Å². The highest BCUT2D eigenvalue weighted by molar-refractivity contribution is 14.0. The van der Waals surface area contributed by atoms with Crippen molar-refractivity contribution in [1.29, 1.82) is 0 Å². The molecule has 1 saturated heterocycles. The van der Waals surface area contributed by atoms with Crippen molar-refractivity contribution >= 4 is 35.8 Å². The summed E-state index contributed by atoms with van der Waals surface area (Å²) in [4.78, 5) is 18.4. The van der Waals surface area contributed by atoms with Crippen molar-refractivity contribution in [3.05, 3.63) is 29.3 Å². The van der Waals surface area contributed by atoms with Crippen LogP contribution in [0.1, 0.15) is 37.3 Å². The number of guanidine groups is 1. The van der Waals surface area contributed by atoms with Gasteiger partial charge < -0.3 is 20.7 Å². The molecule has 1 fully saturated rings. The Morgan fingerprint density at radius 3 is 2.60 bits per heavy atom. The van der Waals surface area contributed by atoms with Crippen molar-refractivity contribution in [2.75, 3.05) is 46.9 Å². The number of aliphatic imine (C=N–C) groups is 1. The van der Waals surface area contributed by atoms with Gasteiger partial charge in [0.05, 0.1) is 13.7 Å². The van der Waals surface area contributed by atoms with Crippen molar-refractivity contribution in [3.8, 4) is 5.75 Å². The molecule has 8 heteroatoms. The van der Waals surface area contributed by atoms with Crippen molar-refractivity contribution < 1.29 is 9.53 Å². The minimum atomic E-state index is 0. The van der Waals surface area contributed by atoms with Crippen molar-refractivity contribution in [2.24, 2.45) is 4.99 Å². The van der Waals surface area contributed by atoms with E-state index >= 15 is 0 Å². The molecule has 0 spiro atoms. The van der Waals surface area contributed by atoms with E-state index in [0.29, 0.717) is 12.6 Å². The molecule has 1 aromatic carbocycles. The lowest BCUT2D eigenvalue weighted by atomic mass is 10.1. The average Bonchev–Trinajstić information content (AvgIpc) is 2.73. The molecule has 0 unspecified atom stereocenters. The number of rotatable bonds is 9. The molecule has 2 rings (SSSR count). The zero-order chi connectivity index (χ0) is 21.1. The lowest BCUT2D eigenvalue weighted by Gasteiger charge is -2.32. The average molecular weight is 531 g/mol. The van der Waals surface area contributed by atoms with Crippen LogP contribution in [0.2, 0.25) is 0 Å². The molecule has 0 bridgehead atoms. The van der Waals surface area contributed by atoms with E-state index in [4.69, 9.17) is 4.74 Å². The number of ether oxygens (including phenoxy) is 1. The SMILES string of the molecule is CCCNC(=O)CN1CCC(NC(=NC)NCCc2ccc(C)c(OC)c2)CC1.I. The molecule has 0 aromatic heterocycles. The van der Waals surface area contributed by atoms with E-state index in [-0.39, 0.29) is 29.9 Å². The molecule has 1 aromatic rings. The fourth-order valence-electron chi connectivity index (χ4n) is 3.49. The van der Waals surface area contributed by atoms with E-state index in [2.05, 4.69) is 57.9 Å². The van der Waals surface area contributed by atoms with Gasteiger partial charge >= 0.3 is 0 Å². The van der Waals surface area contributed by atoms with Gasteiger partial charge in [-0.2, -0.15) is 0 Å². The molecule has 0 saturated carbocycles. The van der Waals surface area contributed by atoms with Crippen molar-refractivity contribution in [1.82, 2.24) is 20.9 Å². The molecule has 1 aliphatic rings. The Bertz CT molecular complexity index is 675. The Balaban J connectivity index is 0.00000450. The monoisotopic (exact) mass is 531 g/mol. The van der Waals surface area contributed by atoms with Crippen LogP contribution in [0.15, 0.2) is 23.2 Å². The van der Waals surface area contributed by atoms with Crippen LogP contribution in [0, 0.1) is 6.92 Å². The van der Waals surface area contributed by atoms with Crippen LogP contribution in [0.3, 0.4) is 0 Å². The van der Waals surface area contributed by atoms with Gasteiger partial charge in [0.1, 0.15) is 5.75 Å². The second-order valence-corrected chi connectivity index (χ2v) is 7.60. The van der Waals surface area contributed by atoms with E-state index in [1.54, 1.807) is 14.2 Å². The Labute approximate surface area is 198 Å². The Hall–Kier alpha value is -1.55. The number of nitrogens with zero attached hydrogens (tertiary/aromatic N) is 2. The Morgan fingerprint density at radius 2 is 1.97 bits per heavy atom. The van der Waals surface area contributed by atoms with E-state index in [1.807, 2.05) is 0 Å². The number of carbonyl (C=O) groups excluding carboxylic acids is 1. The molecule has 0 atom stereocenters. The summed E-state index contributed by atoms with van der Waals surface area (Å²) in [5, 5.41) is 9.87. The molecule has 170 valence electrons. The molecule has 1 heterocycles. The zero-order valence-corrected chi connectivity index (χ0v) is 21.1. The maximum Gasteiger partial charge on any atom is 0.234 e. The molecule has 1 aliphatic heterocycles. The summed E-state index contributed by atoms with van der Waals surface area (Å²) in [5.41, 5.74) is 2.39. The molecule has 3 N–H and O–H groups in total. The summed E-state index contributed by atoms with van der Waals surface area (Å²) in [6.07, 6.45) is 3.90. The third kappa shape index (κ3) is 9.07. The van der Waals surface area contributed by atoms with Crippen molar-refractivity contribution in [2.45, 2.75) is 45.6 Å². The maximum absolute atomic E-state index is 11.9. The summed E-state index contributed by atoms with van der Waals surface area (Å²) < 4.78 is 5.40. The quantitative estimate of drug-likeness (QED) is 0.259. The summed E-state index contributed by atoms with van der Waals surface area (Å²) in [6.45, 7) is 8.04. The van der Waals surface area contributed by atoms with Crippen molar-refractivity contribution in [3.63, 3.8) is 0 Å². The van der Waals surface area contributed by atoms with Gasteiger partial charge in [-0.3, -0.25) is 14.7 Å². The third-order valence-corrected chi connectivity index (χ3v) is 5.27. The fourth-order valence-corrected chi connectivity index (χ4v) is 3.49. The molecule has 0 aliphatic carbocycles. The first-order valence-corrected chi connectivity index (χ1v) is 10.7. The van der Waals surface area contributed by atoms with E-state index in [9.17, 15) is 4.79 Å². The number of halogens is 1. The molecule has 0 radical (unpaired) electrons. The number of piperidine rings is 1. The zero-order valence-electron chi connectivity index (χ0n) is 18.8. The number of amides is 1. The van der Waals surface area contributed by atoms with Crippen LogP contribution in [-0.2, 0) is 11.2 Å². The first kappa shape index (κ1) is 26.5. The number of likely N-dealkylation sites (tertiary alicyclic amines) is 1. The van der Waals surface area contributed by atoms with Crippen LogP contribution in [0.5, 0.6) is 5.75 Å². The number of carbonyl (C=O) groups is 1. The number of hydrogen-bond donors (Lipinski definition) is 3. The minimum Gasteiger partial charge on any atom is -0.496 e. The molecular weight excluding hydrogens is 493 g/mol. The lowest BCUT2D eigenvalue weighted by Crippen LogP contribution is -2.50. The smallest absolute Gasteiger partial charge is 0.234 e. The predicted octanol–water partition coefficient (Wildman–Crippen LogP) is 2.32. The van der Waals surface area contributed by atoms with Gasteiger partial charge in [-0.1, -0.05) is 19.1 Å². The van der Waals surface area contributed by atoms with Crippen LogP contribution >= 0.6 is 24.0 Å². The Kier molecular flexibility index (Phi) is 12.8. The second-order valence-electron chi connectivity index (χ2n) is 7.60. The number of hydrogen-bond acceptors (Lipinski definition) is 4. The first-order valence-electron chi connectivity index (χ1n) is 10.7. The second kappa shape index (κ2) is 14.5. The summed E-state index contributed by atoms with van der Waals surface area (Å²) in [7, 11) is 3.51. The highest BCUT2D eigenvalue weighted by Gasteiger charge is 2.21. The normalized spacial score (nSPS) is 15.3. The van der Waals surface area contributed by atoms with Crippen LogP contribution in [-0.4, -0.2) is 69.7 Å². The highest BCUT2D eigenvalue weighted by atomic mass is 127. The van der Waals surface area contributed by atoms with Gasteiger partial charge in [-0.15, -0.1) is 24.0 Å². The summed E-state index contributed by atoms with van der Waals surface area (Å²) >= 11 is 0. The van der Waals surface area contributed by atoms with Gasteiger partial charge in [-0.25, -0.2) is 0 Å². The van der Waals surface area contributed by atoms with Crippen LogP contribution in [0.4, 0.5) is 0 Å². The summed E-state index contributed by atoms with van der Waals surface area (Å²) in [6, 6.07) is 6.72. The van der Waals surface area contributed by atoms with Gasteiger partial charge in [-0.05, 0) is 49.8 Å². The maximum atomic E-state index is 11.9. The molecule has 7 nitrogen and oxygen atoms in total. The predicted molar refractivity (Wildman–Crippen MR) is 134 cm³/mol. The highest BCUT2D eigenvalue weighted by Crippen LogP contribution is 2.19. The molecular formula is C22H38IN5O2.